The van der Waals surface area contributed by atoms with Crippen molar-refractivity contribution in [2.75, 3.05) is 6.54 Å². The highest BCUT2D eigenvalue weighted by Gasteiger charge is 2.17. The number of halogens is 1. The third kappa shape index (κ3) is 1.79. The van der Waals surface area contributed by atoms with Gasteiger partial charge in [0.05, 0.1) is 5.69 Å². The summed E-state index contributed by atoms with van der Waals surface area (Å²) in [5.74, 6) is 1.75. The van der Waals surface area contributed by atoms with Crippen molar-refractivity contribution in [2.45, 2.75) is 13.0 Å². The van der Waals surface area contributed by atoms with E-state index in [4.69, 9.17) is 4.42 Å². The lowest BCUT2D eigenvalue weighted by Gasteiger charge is -2.08. The van der Waals surface area contributed by atoms with Crippen molar-refractivity contribution in [1.29, 1.82) is 0 Å². The van der Waals surface area contributed by atoms with Gasteiger partial charge in [-0.15, -0.1) is 0 Å². The molecular weight excluding hydrogens is 268 g/mol. The van der Waals surface area contributed by atoms with Crippen LogP contribution in [-0.4, -0.2) is 11.5 Å². The van der Waals surface area contributed by atoms with Crippen LogP contribution in [-0.2, 0) is 13.0 Å². The Kier molecular flexibility index (Phi) is 2.53. The van der Waals surface area contributed by atoms with Crippen LogP contribution >= 0.6 is 15.9 Å². The fourth-order valence-corrected chi connectivity index (χ4v) is 2.11. The molecule has 1 aromatic carbocycles. The Hall–Kier alpha value is -1.13. The topological polar surface area (TPSA) is 38.1 Å². The molecule has 0 radical (unpaired) electrons. The molecule has 4 heteroatoms. The molecule has 1 aliphatic heterocycles. The molecular formula is C12H11BrN2O. The Morgan fingerprint density at radius 3 is 2.81 bits per heavy atom. The van der Waals surface area contributed by atoms with E-state index >= 15 is 0 Å². The predicted octanol–water partition coefficient (Wildman–Crippen LogP) is 2.75. The van der Waals surface area contributed by atoms with E-state index in [0.29, 0.717) is 0 Å². The third-order valence-corrected chi connectivity index (χ3v) is 3.22. The van der Waals surface area contributed by atoms with Gasteiger partial charge in [-0.2, -0.15) is 0 Å². The van der Waals surface area contributed by atoms with E-state index in [1.807, 2.05) is 24.3 Å². The average Bonchev–Trinajstić information content (AvgIpc) is 2.73. The molecule has 0 amide bonds. The molecule has 82 valence electrons. The van der Waals surface area contributed by atoms with Gasteiger partial charge in [-0.3, -0.25) is 0 Å². The summed E-state index contributed by atoms with van der Waals surface area (Å²) >= 11 is 3.41. The van der Waals surface area contributed by atoms with Crippen LogP contribution in [0.15, 0.2) is 33.2 Å². The number of aromatic nitrogens is 1. The standard InChI is InChI=1S/C12H11BrN2O/c13-9-3-1-8(2-4-9)12-15-10-7-14-6-5-11(10)16-12/h1-4,14H,5-7H2. The van der Waals surface area contributed by atoms with Crippen molar-refractivity contribution in [2.24, 2.45) is 0 Å². The summed E-state index contributed by atoms with van der Waals surface area (Å²) in [4.78, 5) is 4.51. The van der Waals surface area contributed by atoms with Crippen LogP contribution in [0.25, 0.3) is 11.5 Å². The fraction of sp³-hybridized carbons (Fsp3) is 0.250. The van der Waals surface area contributed by atoms with Gasteiger partial charge in [0, 0.05) is 29.5 Å². The van der Waals surface area contributed by atoms with Gasteiger partial charge in [-0.25, -0.2) is 4.98 Å². The molecule has 2 heterocycles. The van der Waals surface area contributed by atoms with Crippen LogP contribution in [0.1, 0.15) is 11.5 Å². The first-order valence-electron chi connectivity index (χ1n) is 5.28. The first-order valence-corrected chi connectivity index (χ1v) is 6.07. The normalized spacial score (nSPS) is 14.8. The zero-order chi connectivity index (χ0) is 11.0. The Labute approximate surface area is 102 Å². The van der Waals surface area contributed by atoms with Crippen molar-refractivity contribution in [3.8, 4) is 11.5 Å². The Morgan fingerprint density at radius 1 is 1.25 bits per heavy atom. The van der Waals surface area contributed by atoms with Crippen molar-refractivity contribution in [1.82, 2.24) is 10.3 Å². The van der Waals surface area contributed by atoms with Gasteiger partial charge in [0.15, 0.2) is 0 Å². The zero-order valence-electron chi connectivity index (χ0n) is 8.66. The molecule has 0 atom stereocenters. The predicted molar refractivity (Wildman–Crippen MR) is 65.0 cm³/mol. The lowest BCUT2D eigenvalue weighted by molar-refractivity contribution is 0.483. The number of hydrogen-bond donors (Lipinski definition) is 1. The quantitative estimate of drug-likeness (QED) is 0.872. The largest absolute Gasteiger partial charge is 0.441 e. The number of fused-ring (bicyclic) bond motifs is 1. The van der Waals surface area contributed by atoms with E-state index in [2.05, 4.69) is 26.2 Å². The van der Waals surface area contributed by atoms with E-state index in [9.17, 15) is 0 Å². The van der Waals surface area contributed by atoms with Gasteiger partial charge in [-0.1, -0.05) is 15.9 Å². The Bertz CT molecular complexity index is 481. The molecule has 2 aromatic rings. The summed E-state index contributed by atoms with van der Waals surface area (Å²) in [6.07, 6.45) is 0.929. The molecule has 1 aromatic heterocycles. The molecule has 16 heavy (non-hydrogen) atoms. The third-order valence-electron chi connectivity index (χ3n) is 2.69. The van der Waals surface area contributed by atoms with E-state index in [-0.39, 0.29) is 0 Å². The molecule has 1 aliphatic rings. The van der Waals surface area contributed by atoms with Gasteiger partial charge in [-0.05, 0) is 24.3 Å². The van der Waals surface area contributed by atoms with Crippen molar-refractivity contribution in [3.63, 3.8) is 0 Å². The summed E-state index contributed by atoms with van der Waals surface area (Å²) in [7, 11) is 0. The maximum Gasteiger partial charge on any atom is 0.226 e. The second-order valence-corrected chi connectivity index (χ2v) is 4.74. The molecule has 3 rings (SSSR count). The lowest BCUT2D eigenvalue weighted by atomic mass is 10.2. The molecule has 0 saturated heterocycles. The molecule has 0 aliphatic carbocycles. The molecule has 3 nitrogen and oxygen atoms in total. The number of rotatable bonds is 1. The van der Waals surface area contributed by atoms with Gasteiger partial charge in [0.25, 0.3) is 0 Å². The maximum atomic E-state index is 5.77. The van der Waals surface area contributed by atoms with Crippen LogP contribution in [0.4, 0.5) is 0 Å². The second kappa shape index (κ2) is 4.03. The number of benzene rings is 1. The van der Waals surface area contributed by atoms with Crippen molar-refractivity contribution in [3.05, 3.63) is 40.2 Å². The summed E-state index contributed by atoms with van der Waals surface area (Å²) in [5.41, 5.74) is 2.07. The van der Waals surface area contributed by atoms with Gasteiger partial charge in [0.2, 0.25) is 5.89 Å². The summed E-state index contributed by atoms with van der Waals surface area (Å²) < 4.78 is 6.83. The minimum absolute atomic E-state index is 0.723. The minimum atomic E-state index is 0.723. The smallest absolute Gasteiger partial charge is 0.226 e. The van der Waals surface area contributed by atoms with E-state index in [0.717, 1.165) is 46.9 Å². The van der Waals surface area contributed by atoms with Gasteiger partial charge >= 0.3 is 0 Å². The number of hydrogen-bond acceptors (Lipinski definition) is 3. The highest BCUT2D eigenvalue weighted by molar-refractivity contribution is 9.10. The van der Waals surface area contributed by atoms with E-state index in [1.54, 1.807) is 0 Å². The molecule has 0 saturated carbocycles. The van der Waals surface area contributed by atoms with E-state index < -0.39 is 0 Å². The summed E-state index contributed by atoms with van der Waals surface area (Å²) in [6, 6.07) is 8.01. The summed E-state index contributed by atoms with van der Waals surface area (Å²) in [6.45, 7) is 1.79. The molecule has 0 unspecified atom stereocenters. The molecule has 1 N–H and O–H groups in total. The zero-order valence-corrected chi connectivity index (χ0v) is 10.3. The highest BCUT2D eigenvalue weighted by Crippen LogP contribution is 2.25. The van der Waals surface area contributed by atoms with Crippen molar-refractivity contribution >= 4 is 15.9 Å². The Morgan fingerprint density at radius 2 is 2.06 bits per heavy atom. The van der Waals surface area contributed by atoms with Crippen LogP contribution in [0, 0.1) is 0 Å². The Balaban J connectivity index is 2.00. The van der Waals surface area contributed by atoms with E-state index in [1.165, 1.54) is 0 Å². The van der Waals surface area contributed by atoms with Crippen LogP contribution < -0.4 is 5.32 Å². The maximum absolute atomic E-state index is 5.77. The number of oxazole rings is 1. The average molecular weight is 279 g/mol. The SMILES string of the molecule is Brc1ccc(-c2nc3c(o2)CCNC3)cc1. The lowest BCUT2D eigenvalue weighted by Crippen LogP contribution is -2.22. The van der Waals surface area contributed by atoms with Crippen LogP contribution in [0.3, 0.4) is 0 Å². The minimum Gasteiger partial charge on any atom is -0.441 e. The number of nitrogens with zero attached hydrogens (tertiary/aromatic N) is 1. The molecule has 0 bridgehead atoms. The molecule has 0 fully saturated rings. The number of nitrogens with one attached hydrogen (secondary N) is 1. The monoisotopic (exact) mass is 278 g/mol. The summed E-state index contributed by atoms with van der Waals surface area (Å²) in [5, 5.41) is 3.28. The second-order valence-electron chi connectivity index (χ2n) is 3.82. The van der Waals surface area contributed by atoms with Gasteiger partial charge in [0.1, 0.15) is 5.76 Å². The van der Waals surface area contributed by atoms with Crippen LogP contribution in [0.2, 0.25) is 0 Å². The molecule has 0 spiro atoms. The first kappa shape index (κ1) is 10.1. The highest BCUT2D eigenvalue weighted by atomic mass is 79.9. The van der Waals surface area contributed by atoms with Crippen LogP contribution in [0.5, 0.6) is 0 Å². The van der Waals surface area contributed by atoms with Gasteiger partial charge < -0.3 is 9.73 Å². The fourth-order valence-electron chi connectivity index (χ4n) is 1.84. The van der Waals surface area contributed by atoms with Crippen molar-refractivity contribution < 1.29 is 4.42 Å². The first-order chi connectivity index (χ1) is 7.83.